The van der Waals surface area contributed by atoms with Crippen molar-refractivity contribution in [3.05, 3.63) is 0 Å². The van der Waals surface area contributed by atoms with Crippen molar-refractivity contribution < 1.29 is 24.5 Å². The average molecular weight is 453 g/mol. The molecule has 4 aliphatic heterocycles. The fourth-order valence-corrected chi connectivity index (χ4v) is 5.49. The molecule has 0 radical (unpaired) electrons. The quantitative estimate of drug-likeness (QED) is 0.421. The van der Waals surface area contributed by atoms with E-state index in [4.69, 9.17) is 32.7 Å². The summed E-state index contributed by atoms with van der Waals surface area (Å²) in [6, 6.07) is -0.530. The normalized spacial score (nSPS) is 40.0. The predicted octanol–water partition coefficient (Wildman–Crippen LogP) is 1.20. The van der Waals surface area contributed by atoms with Crippen LogP contribution >= 0.6 is 23.2 Å². The van der Waals surface area contributed by atoms with Gasteiger partial charge in [0, 0.05) is 24.2 Å². The van der Waals surface area contributed by atoms with Crippen molar-refractivity contribution in [3.8, 4) is 0 Å². The third-order valence-corrected chi connectivity index (χ3v) is 6.95. The van der Waals surface area contributed by atoms with Gasteiger partial charge in [-0.3, -0.25) is 14.6 Å². The maximum atomic E-state index is 11.6. The van der Waals surface area contributed by atoms with Crippen LogP contribution in [-0.2, 0) is 14.3 Å². The van der Waals surface area contributed by atoms with E-state index in [1.165, 1.54) is 0 Å². The Labute approximate surface area is 183 Å². The van der Waals surface area contributed by atoms with Gasteiger partial charge in [-0.1, -0.05) is 0 Å². The Morgan fingerprint density at radius 2 is 1.45 bits per heavy atom. The Bertz CT molecular complexity index is 633. The molecule has 4 rings (SSSR count). The highest BCUT2D eigenvalue weighted by Crippen LogP contribution is 2.40. The summed E-state index contributed by atoms with van der Waals surface area (Å²) in [6.07, 6.45) is -0.371. The van der Waals surface area contributed by atoms with Gasteiger partial charge in [0.15, 0.2) is 5.78 Å². The molecule has 0 aliphatic carbocycles. The third kappa shape index (κ3) is 4.48. The number of halogens is 2. The molecule has 0 spiro atoms. The van der Waals surface area contributed by atoms with Crippen molar-refractivity contribution in [2.45, 2.75) is 93.5 Å². The fourth-order valence-electron chi connectivity index (χ4n) is 4.77. The van der Waals surface area contributed by atoms with Crippen LogP contribution in [0.1, 0.15) is 41.5 Å². The summed E-state index contributed by atoms with van der Waals surface area (Å²) in [6.45, 7) is 14.0. The Kier molecular flexibility index (Phi) is 6.41. The first-order chi connectivity index (χ1) is 13.1. The summed E-state index contributed by atoms with van der Waals surface area (Å²) in [5.41, 5.74) is -0.160. The first kappa shape index (κ1) is 23.7. The second kappa shape index (κ2) is 7.85. The van der Waals surface area contributed by atoms with E-state index in [1.54, 1.807) is 0 Å². The molecule has 4 saturated heterocycles. The zero-order valence-corrected chi connectivity index (χ0v) is 19.6. The summed E-state index contributed by atoms with van der Waals surface area (Å²) < 4.78 is 10.8. The third-order valence-electron chi connectivity index (χ3n) is 6.18. The molecule has 0 amide bonds. The molecule has 29 heavy (non-hydrogen) atoms. The lowest BCUT2D eigenvalue weighted by molar-refractivity contribution is -0.194. The van der Waals surface area contributed by atoms with Gasteiger partial charge < -0.3 is 19.7 Å². The van der Waals surface area contributed by atoms with Gasteiger partial charge in [-0.05, 0) is 41.5 Å². The minimum Gasteiger partial charge on any atom is -0.369 e. The Balaban J connectivity index is 0.000000166. The van der Waals surface area contributed by atoms with Crippen LogP contribution in [0.5, 0.6) is 0 Å². The zero-order chi connectivity index (χ0) is 21.9. The number of alkyl halides is 2. The number of hydrogen-bond acceptors (Lipinski definition) is 7. The summed E-state index contributed by atoms with van der Waals surface area (Å²) in [5.74, 6) is -1.60. The number of fused-ring (bicyclic) bond motifs is 2. The van der Waals surface area contributed by atoms with Gasteiger partial charge in [0.2, 0.25) is 5.79 Å². The van der Waals surface area contributed by atoms with Crippen LogP contribution in [0.15, 0.2) is 0 Å². The van der Waals surface area contributed by atoms with Crippen molar-refractivity contribution in [3.63, 3.8) is 0 Å². The number of rotatable bonds is 0. The topological polar surface area (TPSA) is 82.5 Å². The van der Waals surface area contributed by atoms with E-state index in [0.717, 1.165) is 6.54 Å². The molecule has 4 aliphatic rings. The molecular formula is C20H34Cl2N2O5. The van der Waals surface area contributed by atoms with Crippen LogP contribution in [0, 0.1) is 0 Å². The molecule has 0 saturated carbocycles. The molecule has 4 unspecified atom stereocenters. The van der Waals surface area contributed by atoms with Crippen LogP contribution in [-0.4, -0.2) is 104 Å². The van der Waals surface area contributed by atoms with Gasteiger partial charge in [0.05, 0.1) is 35.0 Å². The summed E-state index contributed by atoms with van der Waals surface area (Å²) in [5, 5.41) is 19.5. The van der Waals surface area contributed by atoms with Gasteiger partial charge in [-0.15, -0.1) is 23.2 Å². The number of carbonyl (C=O) groups is 1. The highest BCUT2D eigenvalue weighted by molar-refractivity contribution is 6.22. The molecular weight excluding hydrogens is 419 g/mol. The van der Waals surface area contributed by atoms with E-state index in [-0.39, 0.29) is 59.1 Å². The number of likely N-dealkylation sites (tertiary alicyclic amines) is 2. The number of carbonyl (C=O) groups excluding carboxylic acids is 1. The van der Waals surface area contributed by atoms with Crippen LogP contribution in [0.4, 0.5) is 0 Å². The zero-order valence-electron chi connectivity index (χ0n) is 18.1. The molecule has 168 valence electrons. The standard InChI is InChI=1S/C10H18ClNO3.C10H16ClNO2/c1-9(2,3)12-4-6(11)7-8(12)10(13,14)5-15-7;1-10(2,3)12-4-6(11)9-8(12)7(13)5-14-9/h6-8,13-14H,4-5H2,1-3H3;6,8-9H,4-5H2,1-3H3/t6-,7?,8?;6-,8?,9?/m11/s1. The van der Waals surface area contributed by atoms with E-state index < -0.39 is 11.8 Å². The minimum atomic E-state index is -1.78. The largest absolute Gasteiger partial charge is 0.369 e. The molecule has 4 fully saturated rings. The predicted molar refractivity (Wildman–Crippen MR) is 111 cm³/mol. The monoisotopic (exact) mass is 452 g/mol. The number of ketones is 1. The Morgan fingerprint density at radius 3 is 2.00 bits per heavy atom. The number of aliphatic hydroxyl groups is 2. The Morgan fingerprint density at radius 1 is 0.931 bits per heavy atom. The second-order valence-electron chi connectivity index (χ2n) is 10.5. The SMILES string of the molecule is CC(C)(C)N1C[C@@H](Cl)C2OCC(=O)C21.CC(C)(C)N1C[C@@H](Cl)C2OCC(O)(O)C21. The van der Waals surface area contributed by atoms with Crippen molar-refractivity contribution in [2.24, 2.45) is 0 Å². The smallest absolute Gasteiger partial charge is 0.205 e. The average Bonchev–Trinajstić information content (AvgIpc) is 3.26. The van der Waals surface area contributed by atoms with Crippen LogP contribution < -0.4 is 0 Å². The van der Waals surface area contributed by atoms with E-state index in [1.807, 2.05) is 25.7 Å². The van der Waals surface area contributed by atoms with Gasteiger partial charge in [0.25, 0.3) is 0 Å². The minimum absolute atomic E-state index is 0.0179. The van der Waals surface area contributed by atoms with Crippen molar-refractivity contribution >= 4 is 29.0 Å². The van der Waals surface area contributed by atoms with E-state index in [9.17, 15) is 15.0 Å². The molecule has 0 aromatic heterocycles. The molecule has 0 bridgehead atoms. The highest BCUT2D eigenvalue weighted by Gasteiger charge is 2.59. The van der Waals surface area contributed by atoms with Gasteiger partial charge in [-0.25, -0.2) is 0 Å². The first-order valence-corrected chi connectivity index (χ1v) is 11.0. The Hall–Kier alpha value is 0.01000. The van der Waals surface area contributed by atoms with Crippen molar-refractivity contribution in [1.29, 1.82) is 0 Å². The number of ether oxygens (including phenoxy) is 2. The molecule has 0 aromatic carbocycles. The van der Waals surface area contributed by atoms with E-state index in [2.05, 4.69) is 25.7 Å². The van der Waals surface area contributed by atoms with Crippen LogP contribution in [0.25, 0.3) is 0 Å². The van der Waals surface area contributed by atoms with Crippen molar-refractivity contribution in [2.75, 3.05) is 26.3 Å². The van der Waals surface area contributed by atoms with E-state index >= 15 is 0 Å². The molecule has 0 aromatic rings. The maximum absolute atomic E-state index is 11.6. The van der Waals surface area contributed by atoms with Gasteiger partial charge in [-0.2, -0.15) is 0 Å². The lowest BCUT2D eigenvalue weighted by atomic mass is 10.00. The number of nitrogens with zero attached hydrogens (tertiary/aromatic N) is 2. The summed E-state index contributed by atoms with van der Waals surface area (Å²) in [7, 11) is 0. The maximum Gasteiger partial charge on any atom is 0.205 e. The molecule has 9 heteroatoms. The lowest BCUT2D eigenvalue weighted by Crippen LogP contribution is -2.56. The van der Waals surface area contributed by atoms with Crippen LogP contribution in [0.3, 0.4) is 0 Å². The van der Waals surface area contributed by atoms with Gasteiger partial charge in [0.1, 0.15) is 13.2 Å². The lowest BCUT2D eigenvalue weighted by Gasteiger charge is -2.39. The molecule has 6 atom stereocenters. The highest BCUT2D eigenvalue weighted by atomic mass is 35.5. The van der Waals surface area contributed by atoms with Crippen LogP contribution in [0.2, 0.25) is 0 Å². The molecule has 2 N–H and O–H groups in total. The van der Waals surface area contributed by atoms with Gasteiger partial charge >= 0.3 is 0 Å². The number of Topliss-reactive ketones (excluding diaryl/α,β-unsaturated/α-hetero) is 1. The summed E-state index contributed by atoms with van der Waals surface area (Å²) in [4.78, 5) is 15.8. The number of hydrogen-bond donors (Lipinski definition) is 2. The summed E-state index contributed by atoms with van der Waals surface area (Å²) >= 11 is 12.3. The van der Waals surface area contributed by atoms with E-state index in [0.29, 0.717) is 6.54 Å². The molecule has 4 heterocycles. The fraction of sp³-hybridized carbons (Fsp3) is 0.950. The van der Waals surface area contributed by atoms with Crippen molar-refractivity contribution in [1.82, 2.24) is 9.80 Å². The second-order valence-corrected chi connectivity index (χ2v) is 11.6. The molecule has 7 nitrogen and oxygen atoms in total. The first-order valence-electron chi connectivity index (χ1n) is 10.2.